The first-order valence-electron chi connectivity index (χ1n) is 4.76. The maximum absolute atomic E-state index is 5.79. The van der Waals surface area contributed by atoms with E-state index in [9.17, 15) is 0 Å². The van der Waals surface area contributed by atoms with Gasteiger partial charge in [-0.05, 0) is 31.5 Å². The van der Waals surface area contributed by atoms with Gasteiger partial charge in [-0.15, -0.1) is 11.6 Å². The van der Waals surface area contributed by atoms with Crippen molar-refractivity contribution >= 4 is 11.6 Å². The Balaban J connectivity index is 2.49. The summed E-state index contributed by atoms with van der Waals surface area (Å²) in [6.07, 6.45) is 0. The SMILES string of the molecule is Cc1nc(C)n(-c2cccc(CCl)c2)n1. The van der Waals surface area contributed by atoms with Gasteiger partial charge in [-0.25, -0.2) is 9.67 Å². The second kappa shape index (κ2) is 4.03. The molecular weight excluding hydrogens is 210 g/mol. The average Bonchev–Trinajstić information content (AvgIpc) is 2.58. The summed E-state index contributed by atoms with van der Waals surface area (Å²) in [4.78, 5) is 4.26. The first kappa shape index (κ1) is 10.2. The molecule has 0 radical (unpaired) electrons. The van der Waals surface area contributed by atoms with Crippen LogP contribution in [0.4, 0.5) is 0 Å². The molecule has 0 aliphatic heterocycles. The molecule has 2 aromatic rings. The molecule has 15 heavy (non-hydrogen) atoms. The summed E-state index contributed by atoms with van der Waals surface area (Å²) in [5.74, 6) is 2.18. The molecule has 1 aromatic carbocycles. The molecular formula is C11H12ClN3. The molecule has 1 heterocycles. The molecule has 0 saturated carbocycles. The molecule has 0 N–H and O–H groups in total. The number of aryl methyl sites for hydroxylation is 2. The predicted octanol–water partition coefficient (Wildman–Crippen LogP) is 2.62. The first-order chi connectivity index (χ1) is 7.20. The summed E-state index contributed by atoms with van der Waals surface area (Å²) in [7, 11) is 0. The lowest BCUT2D eigenvalue weighted by Gasteiger charge is -2.04. The molecule has 0 aliphatic carbocycles. The lowest BCUT2D eigenvalue weighted by atomic mass is 10.2. The fourth-order valence-electron chi connectivity index (χ4n) is 1.54. The van der Waals surface area contributed by atoms with Crippen LogP contribution in [0.15, 0.2) is 24.3 Å². The van der Waals surface area contributed by atoms with Gasteiger partial charge in [-0.2, -0.15) is 5.10 Å². The topological polar surface area (TPSA) is 30.7 Å². The molecule has 3 nitrogen and oxygen atoms in total. The number of halogens is 1. The average molecular weight is 222 g/mol. The van der Waals surface area contributed by atoms with Crippen LogP contribution < -0.4 is 0 Å². The van der Waals surface area contributed by atoms with Crippen molar-refractivity contribution in [2.24, 2.45) is 0 Å². The van der Waals surface area contributed by atoms with Crippen molar-refractivity contribution in [1.82, 2.24) is 14.8 Å². The summed E-state index contributed by atoms with van der Waals surface area (Å²) in [6.45, 7) is 3.82. The maximum atomic E-state index is 5.79. The molecule has 0 aliphatic rings. The van der Waals surface area contributed by atoms with Crippen LogP contribution in [0, 0.1) is 13.8 Å². The highest BCUT2D eigenvalue weighted by Gasteiger charge is 2.04. The second-order valence-electron chi connectivity index (χ2n) is 3.42. The molecule has 0 amide bonds. The molecule has 0 fully saturated rings. The van der Waals surface area contributed by atoms with Gasteiger partial charge in [0.2, 0.25) is 0 Å². The number of hydrogen-bond acceptors (Lipinski definition) is 2. The van der Waals surface area contributed by atoms with Gasteiger partial charge in [-0.3, -0.25) is 0 Å². The largest absolute Gasteiger partial charge is 0.218 e. The first-order valence-corrected chi connectivity index (χ1v) is 5.29. The van der Waals surface area contributed by atoms with E-state index in [1.807, 2.05) is 42.8 Å². The molecule has 0 bridgehead atoms. The van der Waals surface area contributed by atoms with E-state index in [1.54, 1.807) is 0 Å². The predicted molar refractivity (Wildman–Crippen MR) is 60.4 cm³/mol. The van der Waals surface area contributed by atoms with Crippen molar-refractivity contribution in [2.45, 2.75) is 19.7 Å². The van der Waals surface area contributed by atoms with E-state index in [4.69, 9.17) is 11.6 Å². The van der Waals surface area contributed by atoms with E-state index in [1.165, 1.54) is 0 Å². The van der Waals surface area contributed by atoms with Gasteiger partial charge in [0.25, 0.3) is 0 Å². The third-order valence-corrected chi connectivity index (χ3v) is 2.49. The van der Waals surface area contributed by atoms with Gasteiger partial charge in [-0.1, -0.05) is 12.1 Å². The van der Waals surface area contributed by atoms with Gasteiger partial charge in [0.05, 0.1) is 5.69 Å². The summed E-state index contributed by atoms with van der Waals surface area (Å²) >= 11 is 5.79. The molecule has 4 heteroatoms. The third-order valence-electron chi connectivity index (χ3n) is 2.18. The van der Waals surface area contributed by atoms with E-state index in [0.717, 1.165) is 22.9 Å². The highest BCUT2D eigenvalue weighted by atomic mass is 35.5. The molecule has 78 valence electrons. The molecule has 0 saturated heterocycles. The van der Waals surface area contributed by atoms with Crippen LogP contribution in [0.5, 0.6) is 0 Å². The standard InChI is InChI=1S/C11H12ClN3/c1-8-13-9(2)15(14-8)11-5-3-4-10(6-11)7-12/h3-6H,7H2,1-2H3. The van der Waals surface area contributed by atoms with Crippen LogP contribution in [-0.4, -0.2) is 14.8 Å². The Labute approximate surface area is 93.7 Å². The Morgan fingerprint density at radius 2 is 2.13 bits per heavy atom. The van der Waals surface area contributed by atoms with Crippen LogP contribution in [0.2, 0.25) is 0 Å². The fourth-order valence-corrected chi connectivity index (χ4v) is 1.70. The van der Waals surface area contributed by atoms with E-state index < -0.39 is 0 Å². The monoisotopic (exact) mass is 221 g/mol. The minimum absolute atomic E-state index is 0.514. The van der Waals surface area contributed by atoms with Gasteiger partial charge in [0, 0.05) is 5.88 Å². The fraction of sp³-hybridized carbons (Fsp3) is 0.273. The Morgan fingerprint density at radius 1 is 1.33 bits per heavy atom. The Hall–Kier alpha value is -1.35. The van der Waals surface area contributed by atoms with E-state index >= 15 is 0 Å². The number of benzene rings is 1. The highest BCUT2D eigenvalue weighted by Crippen LogP contribution is 2.13. The van der Waals surface area contributed by atoms with E-state index in [0.29, 0.717) is 5.88 Å². The quantitative estimate of drug-likeness (QED) is 0.730. The zero-order chi connectivity index (χ0) is 10.8. The van der Waals surface area contributed by atoms with Gasteiger partial charge in [0.15, 0.2) is 0 Å². The molecule has 0 spiro atoms. The number of rotatable bonds is 2. The van der Waals surface area contributed by atoms with Crippen molar-refractivity contribution in [3.63, 3.8) is 0 Å². The Bertz CT molecular complexity index is 476. The molecule has 1 aromatic heterocycles. The van der Waals surface area contributed by atoms with Crippen LogP contribution in [0.3, 0.4) is 0 Å². The minimum atomic E-state index is 0.514. The van der Waals surface area contributed by atoms with E-state index in [-0.39, 0.29) is 0 Å². The number of nitrogens with zero attached hydrogens (tertiary/aromatic N) is 3. The summed E-state index contributed by atoms with van der Waals surface area (Å²) in [5.41, 5.74) is 2.09. The van der Waals surface area contributed by atoms with Gasteiger partial charge in [0.1, 0.15) is 11.6 Å². The molecule has 0 atom stereocenters. The van der Waals surface area contributed by atoms with Gasteiger partial charge >= 0.3 is 0 Å². The van der Waals surface area contributed by atoms with Crippen LogP contribution in [0.1, 0.15) is 17.2 Å². The summed E-state index contributed by atoms with van der Waals surface area (Å²) in [6, 6.07) is 7.99. The van der Waals surface area contributed by atoms with Crippen molar-refractivity contribution in [3.8, 4) is 5.69 Å². The number of alkyl halides is 1. The molecule has 2 rings (SSSR count). The lowest BCUT2D eigenvalue weighted by molar-refractivity contribution is 0.830. The van der Waals surface area contributed by atoms with Crippen LogP contribution in [-0.2, 0) is 5.88 Å². The highest BCUT2D eigenvalue weighted by molar-refractivity contribution is 6.17. The zero-order valence-corrected chi connectivity index (χ0v) is 9.49. The van der Waals surface area contributed by atoms with Crippen molar-refractivity contribution in [2.75, 3.05) is 0 Å². The smallest absolute Gasteiger partial charge is 0.148 e. The van der Waals surface area contributed by atoms with Gasteiger partial charge < -0.3 is 0 Å². The van der Waals surface area contributed by atoms with Crippen molar-refractivity contribution in [3.05, 3.63) is 41.5 Å². The maximum Gasteiger partial charge on any atom is 0.148 e. The lowest BCUT2D eigenvalue weighted by Crippen LogP contribution is -1.99. The zero-order valence-electron chi connectivity index (χ0n) is 8.74. The normalized spacial score (nSPS) is 10.6. The Morgan fingerprint density at radius 3 is 2.73 bits per heavy atom. The summed E-state index contributed by atoms with van der Waals surface area (Å²) in [5, 5.41) is 4.32. The third kappa shape index (κ3) is 2.02. The van der Waals surface area contributed by atoms with Crippen molar-refractivity contribution < 1.29 is 0 Å². The van der Waals surface area contributed by atoms with Crippen molar-refractivity contribution in [1.29, 1.82) is 0 Å². The molecule has 0 unspecified atom stereocenters. The number of hydrogen-bond donors (Lipinski definition) is 0. The van der Waals surface area contributed by atoms with Crippen LogP contribution in [0.25, 0.3) is 5.69 Å². The minimum Gasteiger partial charge on any atom is -0.218 e. The second-order valence-corrected chi connectivity index (χ2v) is 3.69. The number of aromatic nitrogens is 3. The summed E-state index contributed by atoms with van der Waals surface area (Å²) < 4.78 is 1.82. The van der Waals surface area contributed by atoms with Crippen LogP contribution >= 0.6 is 11.6 Å². The van der Waals surface area contributed by atoms with E-state index in [2.05, 4.69) is 10.1 Å². The Kier molecular flexibility index (Phi) is 2.73.